The second kappa shape index (κ2) is 3.53. The van der Waals surface area contributed by atoms with Crippen molar-refractivity contribution < 1.29 is 13.2 Å². The van der Waals surface area contributed by atoms with Crippen molar-refractivity contribution in [2.24, 2.45) is 0 Å². The molecule has 0 unspecified atom stereocenters. The smallest absolute Gasteiger partial charge is 0.397 e. The zero-order valence-electron chi connectivity index (χ0n) is 6.73. The van der Waals surface area contributed by atoms with E-state index < -0.39 is 11.7 Å². The van der Waals surface area contributed by atoms with Gasteiger partial charge in [0.25, 0.3) is 0 Å². The van der Waals surface area contributed by atoms with Crippen LogP contribution in [0.25, 0.3) is 0 Å². The molecule has 1 rings (SSSR count). The minimum absolute atomic E-state index is 0. The van der Waals surface area contributed by atoms with E-state index in [1.807, 2.05) is 0 Å². The van der Waals surface area contributed by atoms with Crippen LogP contribution in [0, 0.1) is 0 Å². The number of anilines is 2. The van der Waals surface area contributed by atoms with Gasteiger partial charge in [0.2, 0.25) is 0 Å². The molecule has 0 aliphatic heterocycles. The van der Waals surface area contributed by atoms with Crippen molar-refractivity contribution >= 4 is 11.4 Å². The van der Waals surface area contributed by atoms with Gasteiger partial charge in [-0.15, -0.1) is 0 Å². The number of hydrogen-bond donors (Lipinski definition) is 3. The maximum absolute atomic E-state index is 12.0. The van der Waals surface area contributed by atoms with E-state index in [-0.39, 0.29) is 17.5 Å². The molecule has 7 N–H and O–H groups in total. The summed E-state index contributed by atoms with van der Waals surface area (Å²) in [5, 5.41) is 0. The van der Waals surface area contributed by atoms with Gasteiger partial charge in [0.1, 0.15) is 0 Å². The quantitative estimate of drug-likeness (QED) is 0.551. The first-order valence-electron chi connectivity index (χ1n) is 3.13. The van der Waals surface area contributed by atoms with Crippen LogP contribution < -0.4 is 17.6 Å². The summed E-state index contributed by atoms with van der Waals surface area (Å²) in [6.45, 7) is 0. The number of nitrogens with two attached hydrogens (primary N) is 2. The maximum Gasteiger partial charge on any atom is 0.416 e. The third-order valence-electron chi connectivity index (χ3n) is 1.41. The van der Waals surface area contributed by atoms with Crippen LogP contribution in [0.1, 0.15) is 5.56 Å². The average Bonchev–Trinajstić information content (AvgIpc) is 1.92. The first kappa shape index (κ1) is 11.6. The van der Waals surface area contributed by atoms with E-state index in [1.165, 1.54) is 0 Å². The zero-order chi connectivity index (χ0) is 9.35. The van der Waals surface area contributed by atoms with E-state index in [4.69, 9.17) is 11.5 Å². The molecular formula is C7H10F3N3. The molecule has 0 heterocycles. The van der Waals surface area contributed by atoms with Gasteiger partial charge >= 0.3 is 6.18 Å². The highest BCUT2D eigenvalue weighted by Crippen LogP contribution is 2.31. The minimum Gasteiger partial charge on any atom is -0.397 e. The van der Waals surface area contributed by atoms with E-state index in [2.05, 4.69) is 0 Å². The van der Waals surface area contributed by atoms with Gasteiger partial charge in [0.15, 0.2) is 0 Å². The molecule has 0 amide bonds. The molecule has 3 nitrogen and oxygen atoms in total. The number of rotatable bonds is 0. The van der Waals surface area contributed by atoms with E-state index in [0.29, 0.717) is 0 Å². The molecule has 6 heteroatoms. The summed E-state index contributed by atoms with van der Waals surface area (Å²) in [5.74, 6) is 0. The molecule has 0 saturated heterocycles. The molecule has 0 atom stereocenters. The Bertz CT molecular complexity index is 296. The molecule has 0 saturated carbocycles. The molecule has 0 fully saturated rings. The lowest BCUT2D eigenvalue weighted by atomic mass is 10.2. The van der Waals surface area contributed by atoms with E-state index >= 15 is 0 Å². The van der Waals surface area contributed by atoms with E-state index in [0.717, 1.165) is 18.2 Å². The monoisotopic (exact) mass is 193 g/mol. The largest absolute Gasteiger partial charge is 0.416 e. The Morgan fingerprint density at radius 3 is 1.92 bits per heavy atom. The van der Waals surface area contributed by atoms with E-state index in [9.17, 15) is 13.2 Å². The summed E-state index contributed by atoms with van der Waals surface area (Å²) in [5.41, 5.74) is 9.75. The first-order valence-corrected chi connectivity index (χ1v) is 3.13. The third-order valence-corrected chi connectivity index (χ3v) is 1.41. The van der Waals surface area contributed by atoms with Gasteiger partial charge in [-0.1, -0.05) is 0 Å². The summed E-state index contributed by atoms with van der Waals surface area (Å²) in [6, 6.07) is 2.85. The normalized spacial score (nSPS) is 10.7. The molecule has 0 aromatic heterocycles. The molecule has 0 aliphatic rings. The van der Waals surface area contributed by atoms with Crippen molar-refractivity contribution in [2.45, 2.75) is 6.18 Å². The predicted molar refractivity (Wildman–Crippen MR) is 45.3 cm³/mol. The lowest BCUT2D eigenvalue weighted by molar-refractivity contribution is -0.137. The van der Waals surface area contributed by atoms with Gasteiger partial charge in [-0.05, 0) is 18.2 Å². The summed E-state index contributed by atoms with van der Waals surface area (Å²) >= 11 is 0. The highest BCUT2D eigenvalue weighted by Gasteiger charge is 2.30. The fourth-order valence-electron chi connectivity index (χ4n) is 0.751. The average molecular weight is 193 g/mol. The lowest BCUT2D eigenvalue weighted by Gasteiger charge is -2.07. The molecular weight excluding hydrogens is 183 g/mol. The van der Waals surface area contributed by atoms with Crippen LogP contribution in [0.3, 0.4) is 0 Å². The van der Waals surface area contributed by atoms with Gasteiger partial charge in [0.05, 0.1) is 16.9 Å². The van der Waals surface area contributed by atoms with Gasteiger partial charge in [-0.25, -0.2) is 0 Å². The second-order valence-electron chi connectivity index (χ2n) is 2.34. The lowest BCUT2D eigenvalue weighted by Crippen LogP contribution is -2.06. The first-order chi connectivity index (χ1) is 5.41. The number of alkyl halides is 3. The molecule has 0 aliphatic carbocycles. The highest BCUT2D eigenvalue weighted by atomic mass is 19.4. The van der Waals surface area contributed by atoms with Crippen LogP contribution in [0.5, 0.6) is 0 Å². The number of nitrogen functional groups attached to an aromatic ring is 2. The van der Waals surface area contributed by atoms with Crippen LogP contribution in [0.2, 0.25) is 0 Å². The Balaban J connectivity index is 0.00000144. The summed E-state index contributed by atoms with van der Waals surface area (Å²) in [7, 11) is 0. The van der Waals surface area contributed by atoms with Crippen LogP contribution in [0.15, 0.2) is 18.2 Å². The Hall–Kier alpha value is -1.43. The zero-order valence-corrected chi connectivity index (χ0v) is 6.73. The van der Waals surface area contributed by atoms with Crippen molar-refractivity contribution in [3.05, 3.63) is 23.8 Å². The van der Waals surface area contributed by atoms with Crippen LogP contribution in [-0.4, -0.2) is 0 Å². The fraction of sp³-hybridized carbons (Fsp3) is 0.143. The predicted octanol–water partition coefficient (Wildman–Crippen LogP) is 2.03. The van der Waals surface area contributed by atoms with Crippen LogP contribution in [0.4, 0.5) is 24.5 Å². The molecule has 0 bridgehead atoms. The van der Waals surface area contributed by atoms with Crippen molar-refractivity contribution in [1.82, 2.24) is 6.15 Å². The molecule has 0 spiro atoms. The fourth-order valence-corrected chi connectivity index (χ4v) is 0.751. The van der Waals surface area contributed by atoms with Gasteiger partial charge in [-0.3, -0.25) is 0 Å². The summed E-state index contributed by atoms with van der Waals surface area (Å²) in [4.78, 5) is 0. The Morgan fingerprint density at radius 2 is 1.54 bits per heavy atom. The molecule has 13 heavy (non-hydrogen) atoms. The highest BCUT2D eigenvalue weighted by molar-refractivity contribution is 5.64. The van der Waals surface area contributed by atoms with E-state index in [1.54, 1.807) is 0 Å². The van der Waals surface area contributed by atoms with Crippen LogP contribution >= 0.6 is 0 Å². The standard InChI is InChI=1S/C7H7F3N2.H3N/c8-7(9,10)4-1-2-5(11)6(12)3-4;/h1-3H,11-12H2;1H3. The molecule has 1 aromatic carbocycles. The Labute approximate surface area is 73.1 Å². The molecule has 0 radical (unpaired) electrons. The topological polar surface area (TPSA) is 87.0 Å². The molecule has 1 aromatic rings. The maximum atomic E-state index is 12.0. The molecule has 74 valence electrons. The summed E-state index contributed by atoms with van der Waals surface area (Å²) < 4.78 is 36.0. The Kier molecular flexibility index (Phi) is 3.14. The number of benzene rings is 1. The third kappa shape index (κ3) is 2.51. The van der Waals surface area contributed by atoms with Gasteiger partial charge in [-0.2, -0.15) is 13.2 Å². The number of hydrogen-bond acceptors (Lipinski definition) is 3. The van der Waals surface area contributed by atoms with Gasteiger partial charge < -0.3 is 17.6 Å². The SMILES string of the molecule is N.Nc1ccc(C(F)(F)F)cc1N. The Morgan fingerprint density at radius 1 is 1.00 bits per heavy atom. The minimum atomic E-state index is -4.36. The van der Waals surface area contributed by atoms with Crippen LogP contribution in [-0.2, 0) is 6.18 Å². The van der Waals surface area contributed by atoms with Crippen molar-refractivity contribution in [3.8, 4) is 0 Å². The number of halogens is 3. The van der Waals surface area contributed by atoms with Crippen molar-refractivity contribution in [2.75, 3.05) is 11.5 Å². The van der Waals surface area contributed by atoms with Gasteiger partial charge in [0, 0.05) is 0 Å². The van der Waals surface area contributed by atoms with Crippen molar-refractivity contribution in [1.29, 1.82) is 0 Å². The second-order valence-corrected chi connectivity index (χ2v) is 2.34. The van der Waals surface area contributed by atoms with Crippen molar-refractivity contribution in [3.63, 3.8) is 0 Å². The summed E-state index contributed by atoms with van der Waals surface area (Å²) in [6.07, 6.45) is -4.36.